The average molecular weight is 386 g/mol. The Hall–Kier alpha value is -1.73. The van der Waals surface area contributed by atoms with Gasteiger partial charge >= 0.3 is 0 Å². The Kier molecular flexibility index (Phi) is 6.42. The molecule has 0 aliphatic carbocycles. The van der Waals surface area contributed by atoms with E-state index in [0.717, 1.165) is 57.8 Å². The lowest BCUT2D eigenvalue weighted by Gasteiger charge is -2.31. The second kappa shape index (κ2) is 9.18. The molecule has 154 valence electrons. The number of aryl methyl sites for hydroxylation is 1. The van der Waals surface area contributed by atoms with E-state index in [2.05, 4.69) is 54.3 Å². The number of likely N-dealkylation sites (tertiary alicyclic amines) is 2. The van der Waals surface area contributed by atoms with E-state index in [4.69, 9.17) is 0 Å². The van der Waals surface area contributed by atoms with E-state index in [1.54, 1.807) is 0 Å². The highest BCUT2D eigenvalue weighted by Crippen LogP contribution is 2.28. The van der Waals surface area contributed by atoms with Crippen molar-refractivity contribution in [2.45, 2.75) is 71.0 Å². The Labute approximate surface area is 168 Å². The van der Waals surface area contributed by atoms with Gasteiger partial charge in [-0.25, -0.2) is 4.98 Å². The maximum absolute atomic E-state index is 4.60. The first kappa shape index (κ1) is 19.6. The summed E-state index contributed by atoms with van der Waals surface area (Å²) in [6.07, 6.45) is 11.5. The number of nitrogens with zero attached hydrogens (tertiary/aromatic N) is 7. The fourth-order valence-electron chi connectivity index (χ4n) is 4.67. The Morgan fingerprint density at radius 3 is 2.39 bits per heavy atom. The smallest absolute Gasteiger partial charge is 0.146 e. The summed E-state index contributed by atoms with van der Waals surface area (Å²) in [5.41, 5.74) is 0. The molecule has 7 nitrogen and oxygen atoms in total. The first-order chi connectivity index (χ1) is 13.7. The minimum atomic E-state index is 0.527. The number of hydrogen-bond acceptors (Lipinski definition) is 5. The highest BCUT2D eigenvalue weighted by Gasteiger charge is 2.26. The number of imidazole rings is 1. The lowest BCUT2D eigenvalue weighted by Crippen LogP contribution is -2.34. The summed E-state index contributed by atoms with van der Waals surface area (Å²) in [4.78, 5) is 9.63. The van der Waals surface area contributed by atoms with Crippen LogP contribution in [0.2, 0.25) is 0 Å². The molecule has 4 heterocycles. The Morgan fingerprint density at radius 1 is 0.929 bits per heavy atom. The van der Waals surface area contributed by atoms with Gasteiger partial charge in [0.1, 0.15) is 17.5 Å². The standard InChI is InChI=1S/C21H35N7/c1-3-10-28-15-9-22-19(28)16-27-13-7-18(8-14-27)21-24-23-20(25(21)2)17-26-11-5-4-6-12-26/h9,15,18H,3-8,10-14,16-17H2,1-2H3. The van der Waals surface area contributed by atoms with Gasteiger partial charge in [-0.15, -0.1) is 10.2 Å². The second-order valence-corrected chi connectivity index (χ2v) is 8.46. The van der Waals surface area contributed by atoms with E-state index in [1.807, 2.05) is 6.20 Å². The molecule has 2 aliphatic heterocycles. The van der Waals surface area contributed by atoms with E-state index >= 15 is 0 Å². The summed E-state index contributed by atoms with van der Waals surface area (Å²) in [5, 5.41) is 9.14. The molecule has 2 aromatic heterocycles. The predicted octanol–water partition coefficient (Wildman–Crippen LogP) is 2.79. The van der Waals surface area contributed by atoms with Crippen molar-refractivity contribution in [3.63, 3.8) is 0 Å². The highest BCUT2D eigenvalue weighted by molar-refractivity contribution is 5.04. The molecular weight excluding hydrogens is 350 g/mol. The summed E-state index contributed by atoms with van der Waals surface area (Å²) in [7, 11) is 2.16. The van der Waals surface area contributed by atoms with Crippen molar-refractivity contribution < 1.29 is 0 Å². The van der Waals surface area contributed by atoms with E-state index in [1.165, 1.54) is 44.0 Å². The summed E-state index contributed by atoms with van der Waals surface area (Å²) < 4.78 is 4.56. The number of aromatic nitrogens is 5. The molecule has 0 amide bonds. The first-order valence-electron chi connectivity index (χ1n) is 11.1. The predicted molar refractivity (Wildman–Crippen MR) is 110 cm³/mol. The monoisotopic (exact) mass is 385 g/mol. The third-order valence-electron chi connectivity index (χ3n) is 6.40. The van der Waals surface area contributed by atoms with Crippen LogP contribution in [-0.4, -0.2) is 60.3 Å². The number of hydrogen-bond donors (Lipinski definition) is 0. The van der Waals surface area contributed by atoms with Gasteiger partial charge in [-0.3, -0.25) is 9.80 Å². The van der Waals surface area contributed by atoms with E-state index in [9.17, 15) is 0 Å². The van der Waals surface area contributed by atoms with Crippen LogP contribution in [0.15, 0.2) is 12.4 Å². The topological polar surface area (TPSA) is 55.0 Å². The number of rotatable bonds is 7. The van der Waals surface area contributed by atoms with Crippen LogP contribution in [0.4, 0.5) is 0 Å². The normalized spacial score (nSPS) is 20.1. The molecule has 0 atom stereocenters. The van der Waals surface area contributed by atoms with Crippen LogP contribution in [0.3, 0.4) is 0 Å². The van der Waals surface area contributed by atoms with Gasteiger partial charge in [-0.2, -0.15) is 0 Å². The van der Waals surface area contributed by atoms with Crippen molar-refractivity contribution in [3.05, 3.63) is 29.9 Å². The van der Waals surface area contributed by atoms with Crippen LogP contribution < -0.4 is 0 Å². The third-order valence-corrected chi connectivity index (χ3v) is 6.40. The largest absolute Gasteiger partial charge is 0.334 e. The second-order valence-electron chi connectivity index (χ2n) is 8.46. The van der Waals surface area contributed by atoms with Crippen molar-refractivity contribution in [2.75, 3.05) is 26.2 Å². The van der Waals surface area contributed by atoms with Crippen LogP contribution >= 0.6 is 0 Å². The van der Waals surface area contributed by atoms with E-state index < -0.39 is 0 Å². The fourth-order valence-corrected chi connectivity index (χ4v) is 4.67. The zero-order valence-electron chi connectivity index (χ0n) is 17.6. The molecule has 0 aromatic carbocycles. The molecular formula is C21H35N7. The van der Waals surface area contributed by atoms with Crippen LogP contribution in [0.1, 0.15) is 68.8 Å². The van der Waals surface area contributed by atoms with Gasteiger partial charge in [0.05, 0.1) is 13.1 Å². The Bertz CT molecular complexity index is 736. The average Bonchev–Trinajstić information content (AvgIpc) is 3.31. The van der Waals surface area contributed by atoms with Gasteiger partial charge in [0.25, 0.3) is 0 Å². The lowest BCUT2D eigenvalue weighted by atomic mass is 9.96. The molecule has 2 saturated heterocycles. The van der Waals surface area contributed by atoms with Crippen LogP contribution in [0, 0.1) is 0 Å². The van der Waals surface area contributed by atoms with E-state index in [-0.39, 0.29) is 0 Å². The zero-order chi connectivity index (χ0) is 19.3. The minimum Gasteiger partial charge on any atom is -0.334 e. The number of piperidine rings is 2. The molecule has 0 bridgehead atoms. The molecule has 0 spiro atoms. The molecule has 2 aliphatic rings. The third kappa shape index (κ3) is 4.46. The van der Waals surface area contributed by atoms with Crippen molar-refractivity contribution in [2.24, 2.45) is 7.05 Å². The molecule has 7 heteroatoms. The Morgan fingerprint density at radius 2 is 1.64 bits per heavy atom. The van der Waals surface area contributed by atoms with Crippen LogP contribution in [0.25, 0.3) is 0 Å². The van der Waals surface area contributed by atoms with Gasteiger partial charge in [0, 0.05) is 31.9 Å². The summed E-state index contributed by atoms with van der Waals surface area (Å²) >= 11 is 0. The maximum Gasteiger partial charge on any atom is 0.146 e. The van der Waals surface area contributed by atoms with Gasteiger partial charge in [-0.1, -0.05) is 13.3 Å². The molecule has 0 saturated carbocycles. The molecule has 2 fully saturated rings. The van der Waals surface area contributed by atoms with Crippen molar-refractivity contribution >= 4 is 0 Å². The summed E-state index contributed by atoms with van der Waals surface area (Å²) in [5.74, 6) is 4.03. The van der Waals surface area contributed by atoms with Crippen molar-refractivity contribution in [1.29, 1.82) is 0 Å². The minimum absolute atomic E-state index is 0.527. The van der Waals surface area contributed by atoms with Gasteiger partial charge in [0.2, 0.25) is 0 Å². The summed E-state index contributed by atoms with van der Waals surface area (Å²) in [6, 6.07) is 0. The molecule has 28 heavy (non-hydrogen) atoms. The van der Waals surface area contributed by atoms with Gasteiger partial charge in [-0.05, 0) is 58.3 Å². The molecule has 0 unspecified atom stereocenters. The quantitative estimate of drug-likeness (QED) is 0.734. The van der Waals surface area contributed by atoms with E-state index in [0.29, 0.717) is 5.92 Å². The maximum atomic E-state index is 4.60. The fraction of sp³-hybridized carbons (Fsp3) is 0.762. The molecule has 0 radical (unpaired) electrons. The first-order valence-corrected chi connectivity index (χ1v) is 11.1. The summed E-state index contributed by atoms with van der Waals surface area (Å²) in [6.45, 7) is 9.81. The lowest BCUT2D eigenvalue weighted by molar-refractivity contribution is 0.193. The highest BCUT2D eigenvalue weighted by atomic mass is 15.3. The van der Waals surface area contributed by atoms with Gasteiger partial charge < -0.3 is 9.13 Å². The zero-order valence-corrected chi connectivity index (χ0v) is 17.6. The molecule has 0 N–H and O–H groups in total. The molecule has 4 rings (SSSR count). The van der Waals surface area contributed by atoms with Crippen LogP contribution in [0.5, 0.6) is 0 Å². The SMILES string of the molecule is CCCn1ccnc1CN1CCC(c2nnc(CN3CCCCC3)n2C)CC1. The van der Waals surface area contributed by atoms with Crippen LogP contribution in [-0.2, 0) is 26.7 Å². The van der Waals surface area contributed by atoms with Gasteiger partial charge in [0.15, 0.2) is 0 Å². The van der Waals surface area contributed by atoms with Crippen molar-refractivity contribution in [3.8, 4) is 0 Å². The van der Waals surface area contributed by atoms with Crippen molar-refractivity contribution in [1.82, 2.24) is 34.1 Å². The molecule has 2 aromatic rings. The Balaban J connectivity index is 1.31.